The lowest BCUT2D eigenvalue weighted by atomic mass is 10.1. The highest BCUT2D eigenvalue weighted by Crippen LogP contribution is 2.30. The Balaban J connectivity index is 1.40. The Morgan fingerprint density at radius 1 is 0.971 bits per heavy atom. The molecule has 0 saturated carbocycles. The van der Waals surface area contributed by atoms with Gasteiger partial charge in [0.1, 0.15) is 11.6 Å². The number of carbonyl (C=O) groups excluding carboxylic acids is 2. The van der Waals surface area contributed by atoms with E-state index in [0.717, 1.165) is 16.8 Å². The smallest absolute Gasteiger partial charge is 0.262 e. The van der Waals surface area contributed by atoms with Crippen molar-refractivity contribution in [2.24, 2.45) is 0 Å². The maximum absolute atomic E-state index is 14.0. The average molecular weight is 496 g/mol. The summed E-state index contributed by atoms with van der Waals surface area (Å²) in [5.74, 6) is -0.512. The zero-order valence-corrected chi connectivity index (χ0v) is 20.4. The summed E-state index contributed by atoms with van der Waals surface area (Å²) in [5.41, 5.74) is 3.56. The molecule has 4 rings (SSSR count). The predicted octanol–water partition coefficient (Wildman–Crippen LogP) is 5.08. The Morgan fingerprint density at radius 2 is 1.66 bits per heavy atom. The van der Waals surface area contributed by atoms with Crippen molar-refractivity contribution in [1.82, 2.24) is 4.90 Å². The second kappa shape index (κ2) is 10.8. The fourth-order valence-electron chi connectivity index (χ4n) is 4.19. The van der Waals surface area contributed by atoms with Gasteiger partial charge in [0.2, 0.25) is 0 Å². The van der Waals surface area contributed by atoms with E-state index in [1.807, 2.05) is 38.1 Å². The summed E-state index contributed by atoms with van der Waals surface area (Å²) < 4.78 is 19.7. The third-order valence-electron chi connectivity index (χ3n) is 5.81. The SMILES string of the molecule is Cc1cc(C)cc(OCC(=O)Nc2cc(Cl)ccc2N2CCN(C(=O)c3ccccc3F)CC2)c1. The summed E-state index contributed by atoms with van der Waals surface area (Å²) in [5, 5.41) is 3.39. The van der Waals surface area contributed by atoms with Crippen LogP contribution in [0.2, 0.25) is 5.02 Å². The monoisotopic (exact) mass is 495 g/mol. The lowest BCUT2D eigenvalue weighted by Crippen LogP contribution is -2.49. The molecule has 1 N–H and O–H groups in total. The van der Waals surface area contributed by atoms with E-state index in [4.69, 9.17) is 16.3 Å². The van der Waals surface area contributed by atoms with Crippen molar-refractivity contribution in [1.29, 1.82) is 0 Å². The van der Waals surface area contributed by atoms with Gasteiger partial charge in [-0.15, -0.1) is 0 Å². The Hall–Kier alpha value is -3.58. The minimum absolute atomic E-state index is 0.0733. The van der Waals surface area contributed by atoms with Crippen molar-refractivity contribution in [2.75, 3.05) is 43.0 Å². The van der Waals surface area contributed by atoms with Crippen LogP contribution in [-0.4, -0.2) is 49.5 Å². The summed E-state index contributed by atoms with van der Waals surface area (Å²) in [6.07, 6.45) is 0. The third kappa shape index (κ3) is 6.11. The van der Waals surface area contributed by atoms with Crippen LogP contribution < -0.4 is 15.0 Å². The lowest BCUT2D eigenvalue weighted by Gasteiger charge is -2.37. The molecule has 0 spiro atoms. The van der Waals surface area contributed by atoms with Gasteiger partial charge in [-0.05, 0) is 67.4 Å². The van der Waals surface area contributed by atoms with Gasteiger partial charge >= 0.3 is 0 Å². The fourth-order valence-corrected chi connectivity index (χ4v) is 4.36. The highest BCUT2D eigenvalue weighted by atomic mass is 35.5. The van der Waals surface area contributed by atoms with Crippen LogP contribution in [0.25, 0.3) is 0 Å². The zero-order valence-electron chi connectivity index (χ0n) is 19.7. The average Bonchev–Trinajstić information content (AvgIpc) is 2.82. The Kier molecular flexibility index (Phi) is 7.56. The van der Waals surface area contributed by atoms with Gasteiger partial charge in [0, 0.05) is 31.2 Å². The van der Waals surface area contributed by atoms with Gasteiger partial charge in [0.15, 0.2) is 6.61 Å². The molecular weight excluding hydrogens is 469 g/mol. The topological polar surface area (TPSA) is 61.9 Å². The molecule has 0 bridgehead atoms. The first-order chi connectivity index (χ1) is 16.8. The first-order valence-corrected chi connectivity index (χ1v) is 11.8. The molecule has 182 valence electrons. The normalized spacial score (nSPS) is 13.5. The van der Waals surface area contributed by atoms with Crippen LogP contribution in [0.1, 0.15) is 21.5 Å². The number of benzene rings is 3. The van der Waals surface area contributed by atoms with Crippen molar-refractivity contribution in [2.45, 2.75) is 13.8 Å². The molecule has 3 aromatic rings. The van der Waals surface area contributed by atoms with Crippen LogP contribution in [0.5, 0.6) is 5.75 Å². The number of aryl methyl sites for hydroxylation is 2. The number of hydrogen-bond acceptors (Lipinski definition) is 4. The van der Waals surface area contributed by atoms with E-state index in [2.05, 4.69) is 10.2 Å². The van der Waals surface area contributed by atoms with E-state index in [1.165, 1.54) is 12.1 Å². The molecule has 1 heterocycles. The quantitative estimate of drug-likeness (QED) is 0.518. The largest absolute Gasteiger partial charge is 0.484 e. The van der Waals surface area contributed by atoms with E-state index >= 15 is 0 Å². The van der Waals surface area contributed by atoms with E-state index in [-0.39, 0.29) is 24.0 Å². The number of anilines is 2. The third-order valence-corrected chi connectivity index (χ3v) is 6.04. The number of halogens is 2. The molecule has 1 aliphatic rings. The number of piperazine rings is 1. The first kappa shape index (κ1) is 24.5. The van der Waals surface area contributed by atoms with Crippen LogP contribution in [-0.2, 0) is 4.79 Å². The summed E-state index contributed by atoms with van der Waals surface area (Å²) in [4.78, 5) is 29.1. The molecule has 0 unspecified atom stereocenters. The molecule has 35 heavy (non-hydrogen) atoms. The van der Waals surface area contributed by atoms with Gasteiger partial charge in [-0.1, -0.05) is 29.8 Å². The molecule has 2 amide bonds. The molecule has 0 radical (unpaired) electrons. The van der Waals surface area contributed by atoms with Gasteiger partial charge in [-0.2, -0.15) is 0 Å². The molecule has 1 fully saturated rings. The number of hydrogen-bond donors (Lipinski definition) is 1. The molecular formula is C27H27ClFN3O3. The first-order valence-electron chi connectivity index (χ1n) is 11.4. The van der Waals surface area contributed by atoms with Gasteiger partial charge in [-0.3, -0.25) is 9.59 Å². The molecule has 0 atom stereocenters. The minimum atomic E-state index is -0.523. The summed E-state index contributed by atoms with van der Waals surface area (Å²) in [6.45, 7) is 5.73. The highest BCUT2D eigenvalue weighted by molar-refractivity contribution is 6.31. The number of carbonyl (C=O) groups is 2. The molecule has 0 aliphatic carbocycles. The fraction of sp³-hybridized carbons (Fsp3) is 0.259. The number of ether oxygens (including phenoxy) is 1. The van der Waals surface area contributed by atoms with E-state index < -0.39 is 5.82 Å². The van der Waals surface area contributed by atoms with Gasteiger partial charge in [-0.25, -0.2) is 4.39 Å². The van der Waals surface area contributed by atoms with Crippen LogP contribution in [0, 0.1) is 19.7 Å². The van der Waals surface area contributed by atoms with Crippen molar-refractivity contribution in [3.05, 3.63) is 88.2 Å². The molecule has 0 aromatic heterocycles. The lowest BCUT2D eigenvalue weighted by molar-refractivity contribution is -0.118. The Morgan fingerprint density at radius 3 is 2.34 bits per heavy atom. The summed E-state index contributed by atoms with van der Waals surface area (Å²) in [7, 11) is 0. The minimum Gasteiger partial charge on any atom is -0.484 e. The number of amides is 2. The number of nitrogens with zero attached hydrogens (tertiary/aromatic N) is 2. The van der Waals surface area contributed by atoms with Gasteiger partial charge < -0.3 is 19.9 Å². The van der Waals surface area contributed by atoms with E-state index in [9.17, 15) is 14.0 Å². The molecule has 6 nitrogen and oxygen atoms in total. The van der Waals surface area contributed by atoms with Crippen LogP contribution in [0.4, 0.5) is 15.8 Å². The molecule has 3 aromatic carbocycles. The molecule has 1 aliphatic heterocycles. The van der Waals surface area contributed by atoms with E-state index in [1.54, 1.807) is 29.2 Å². The predicted molar refractivity (Wildman–Crippen MR) is 136 cm³/mol. The van der Waals surface area contributed by atoms with Crippen molar-refractivity contribution < 1.29 is 18.7 Å². The maximum atomic E-state index is 14.0. The van der Waals surface area contributed by atoms with Gasteiger partial charge in [0.25, 0.3) is 11.8 Å². The number of rotatable bonds is 6. The Bertz CT molecular complexity index is 1220. The van der Waals surface area contributed by atoms with Crippen molar-refractivity contribution in [3.63, 3.8) is 0 Å². The number of nitrogens with one attached hydrogen (secondary N) is 1. The van der Waals surface area contributed by atoms with Gasteiger partial charge in [0.05, 0.1) is 16.9 Å². The second-order valence-electron chi connectivity index (χ2n) is 8.58. The zero-order chi connectivity index (χ0) is 24.9. The van der Waals surface area contributed by atoms with Crippen LogP contribution in [0.15, 0.2) is 60.7 Å². The van der Waals surface area contributed by atoms with Crippen molar-refractivity contribution in [3.8, 4) is 5.75 Å². The van der Waals surface area contributed by atoms with E-state index in [0.29, 0.717) is 42.6 Å². The summed E-state index contributed by atoms with van der Waals surface area (Å²) in [6, 6.07) is 17.1. The van der Waals surface area contributed by atoms with Crippen molar-refractivity contribution >= 4 is 34.8 Å². The van der Waals surface area contributed by atoms with Crippen LogP contribution in [0.3, 0.4) is 0 Å². The molecule has 8 heteroatoms. The molecule has 1 saturated heterocycles. The summed E-state index contributed by atoms with van der Waals surface area (Å²) >= 11 is 6.20. The second-order valence-corrected chi connectivity index (χ2v) is 9.02. The van der Waals surface area contributed by atoms with Crippen LogP contribution >= 0.6 is 11.6 Å². The standard InChI is InChI=1S/C27H27ClFN3O3/c1-18-13-19(2)15-21(14-18)35-17-26(33)30-24-16-20(28)7-8-25(24)31-9-11-32(12-10-31)27(34)22-5-3-4-6-23(22)29/h3-8,13-16H,9-12,17H2,1-2H3,(H,30,33). The highest BCUT2D eigenvalue weighted by Gasteiger charge is 2.25. The maximum Gasteiger partial charge on any atom is 0.262 e. The Labute approximate surface area is 209 Å².